The van der Waals surface area contributed by atoms with Gasteiger partial charge in [-0.05, 0) is 36.5 Å². The van der Waals surface area contributed by atoms with E-state index in [0.717, 1.165) is 24.6 Å². The van der Waals surface area contributed by atoms with Crippen molar-refractivity contribution in [2.45, 2.75) is 26.3 Å². The fourth-order valence-corrected chi connectivity index (χ4v) is 4.24. The summed E-state index contributed by atoms with van der Waals surface area (Å²) in [6.07, 6.45) is 3.56. The zero-order valence-corrected chi connectivity index (χ0v) is 16.2. The summed E-state index contributed by atoms with van der Waals surface area (Å²) in [7, 11) is 0. The van der Waals surface area contributed by atoms with E-state index in [1.807, 2.05) is 0 Å². The second kappa shape index (κ2) is 7.67. The number of amides is 1. The van der Waals surface area contributed by atoms with Gasteiger partial charge in [-0.15, -0.1) is 5.10 Å². The minimum Gasteiger partial charge on any atom is -0.348 e. The Bertz CT molecular complexity index is 1080. The highest BCUT2D eigenvalue weighted by Crippen LogP contribution is 2.26. The first-order valence-corrected chi connectivity index (χ1v) is 9.99. The van der Waals surface area contributed by atoms with Crippen LogP contribution in [-0.2, 0) is 6.54 Å². The lowest BCUT2D eigenvalue weighted by Crippen LogP contribution is -2.34. The molecule has 1 N–H and O–H groups in total. The standard InChI is InChI=1S/C19H20FN5O2S/c1-12-4-3-7-24(11-12)19-23-25-17(27)15(10-22-18(25)28-19)16(26)21-9-13-5-2-6-14(20)8-13/h2,5-6,8,10,12H,3-4,7,9,11H2,1H3,(H,21,26). The molecule has 0 saturated carbocycles. The van der Waals surface area contributed by atoms with Gasteiger partial charge in [0, 0.05) is 25.8 Å². The quantitative estimate of drug-likeness (QED) is 0.727. The smallest absolute Gasteiger partial charge is 0.288 e. The lowest BCUT2D eigenvalue weighted by molar-refractivity contribution is 0.0948. The zero-order chi connectivity index (χ0) is 19.7. The molecular weight excluding hydrogens is 381 g/mol. The highest BCUT2D eigenvalue weighted by Gasteiger charge is 2.22. The number of rotatable bonds is 4. The van der Waals surface area contributed by atoms with Gasteiger partial charge in [-0.2, -0.15) is 4.52 Å². The van der Waals surface area contributed by atoms with Crippen LogP contribution in [-0.4, -0.2) is 33.6 Å². The monoisotopic (exact) mass is 401 g/mol. The Morgan fingerprint density at radius 3 is 3.07 bits per heavy atom. The van der Waals surface area contributed by atoms with Gasteiger partial charge in [-0.25, -0.2) is 9.37 Å². The summed E-state index contributed by atoms with van der Waals surface area (Å²) >= 11 is 1.35. The highest BCUT2D eigenvalue weighted by atomic mass is 32.1. The fraction of sp³-hybridized carbons (Fsp3) is 0.368. The summed E-state index contributed by atoms with van der Waals surface area (Å²) in [5, 5.41) is 7.77. The summed E-state index contributed by atoms with van der Waals surface area (Å²) in [6.45, 7) is 4.12. The van der Waals surface area contributed by atoms with Crippen molar-refractivity contribution in [1.29, 1.82) is 0 Å². The van der Waals surface area contributed by atoms with Gasteiger partial charge in [0.25, 0.3) is 11.5 Å². The number of hydrogen-bond acceptors (Lipinski definition) is 6. The molecule has 1 amide bonds. The van der Waals surface area contributed by atoms with Crippen molar-refractivity contribution in [3.8, 4) is 0 Å². The number of piperidine rings is 1. The Hall–Kier alpha value is -2.81. The van der Waals surface area contributed by atoms with Crippen molar-refractivity contribution >= 4 is 27.3 Å². The Labute approximate surface area is 164 Å². The lowest BCUT2D eigenvalue weighted by atomic mass is 10.0. The Morgan fingerprint density at radius 1 is 1.43 bits per heavy atom. The van der Waals surface area contributed by atoms with E-state index in [2.05, 4.69) is 27.2 Å². The average molecular weight is 401 g/mol. The van der Waals surface area contributed by atoms with Crippen LogP contribution < -0.4 is 15.8 Å². The van der Waals surface area contributed by atoms with Gasteiger partial charge in [-0.1, -0.05) is 30.4 Å². The summed E-state index contributed by atoms with van der Waals surface area (Å²) in [5.41, 5.74) is 0.0183. The molecule has 3 heterocycles. The minimum absolute atomic E-state index is 0.0854. The SMILES string of the molecule is CC1CCCN(c2nn3c(=O)c(C(=O)NCc4cccc(F)c4)cnc3s2)C1. The van der Waals surface area contributed by atoms with Crippen LogP contribution in [0.1, 0.15) is 35.7 Å². The molecule has 1 atom stereocenters. The average Bonchev–Trinajstić information content (AvgIpc) is 3.12. The first kappa shape index (κ1) is 18.5. The van der Waals surface area contributed by atoms with Crippen molar-refractivity contribution in [2.24, 2.45) is 5.92 Å². The molecule has 9 heteroatoms. The molecule has 1 unspecified atom stereocenters. The molecule has 1 aliphatic heterocycles. The molecule has 1 aromatic carbocycles. The number of nitrogens with one attached hydrogen (secondary N) is 1. The van der Waals surface area contributed by atoms with Crippen molar-refractivity contribution in [3.63, 3.8) is 0 Å². The summed E-state index contributed by atoms with van der Waals surface area (Å²) in [6, 6.07) is 5.93. The van der Waals surface area contributed by atoms with Crippen molar-refractivity contribution in [3.05, 3.63) is 57.8 Å². The van der Waals surface area contributed by atoms with Crippen LogP contribution in [0.4, 0.5) is 9.52 Å². The molecule has 0 bridgehead atoms. The molecule has 1 saturated heterocycles. The van der Waals surface area contributed by atoms with Gasteiger partial charge in [0.05, 0.1) is 0 Å². The molecule has 0 radical (unpaired) electrons. The van der Waals surface area contributed by atoms with E-state index < -0.39 is 11.5 Å². The van der Waals surface area contributed by atoms with Crippen molar-refractivity contribution in [2.75, 3.05) is 18.0 Å². The van der Waals surface area contributed by atoms with E-state index in [4.69, 9.17) is 0 Å². The molecule has 146 valence electrons. The molecule has 2 aromatic heterocycles. The van der Waals surface area contributed by atoms with Crippen molar-refractivity contribution < 1.29 is 9.18 Å². The molecular formula is C19H20FN5O2S. The minimum atomic E-state index is -0.558. The van der Waals surface area contributed by atoms with Crippen molar-refractivity contribution in [1.82, 2.24) is 19.9 Å². The van der Waals surface area contributed by atoms with Gasteiger partial charge in [0.2, 0.25) is 10.1 Å². The van der Waals surface area contributed by atoms with Crippen LogP contribution in [0.3, 0.4) is 0 Å². The number of halogens is 1. The van der Waals surface area contributed by atoms with E-state index in [1.54, 1.807) is 12.1 Å². The van der Waals surface area contributed by atoms with E-state index in [0.29, 0.717) is 16.4 Å². The maximum absolute atomic E-state index is 13.2. The number of carbonyl (C=O) groups is 1. The van der Waals surface area contributed by atoms with Crippen LogP contribution >= 0.6 is 11.3 Å². The second-order valence-corrected chi connectivity index (χ2v) is 8.00. The third-order valence-electron chi connectivity index (χ3n) is 4.79. The van der Waals surface area contributed by atoms with Crippen LogP contribution in [0.15, 0.2) is 35.3 Å². The van der Waals surface area contributed by atoms with E-state index in [1.165, 1.54) is 40.6 Å². The highest BCUT2D eigenvalue weighted by molar-refractivity contribution is 7.20. The van der Waals surface area contributed by atoms with Gasteiger partial charge in [0.15, 0.2) is 0 Å². The maximum atomic E-state index is 13.2. The summed E-state index contributed by atoms with van der Waals surface area (Å²) < 4.78 is 14.4. The third kappa shape index (κ3) is 3.75. The first-order chi connectivity index (χ1) is 13.5. The van der Waals surface area contributed by atoms with E-state index >= 15 is 0 Å². The maximum Gasteiger partial charge on any atom is 0.288 e. The summed E-state index contributed by atoms with van der Waals surface area (Å²) in [5.74, 6) is -0.358. The van der Waals surface area contributed by atoms with Gasteiger partial charge >= 0.3 is 0 Å². The lowest BCUT2D eigenvalue weighted by Gasteiger charge is -2.30. The second-order valence-electron chi connectivity index (χ2n) is 7.06. The predicted molar refractivity (Wildman–Crippen MR) is 105 cm³/mol. The largest absolute Gasteiger partial charge is 0.348 e. The van der Waals surface area contributed by atoms with E-state index in [9.17, 15) is 14.0 Å². The number of anilines is 1. The Morgan fingerprint density at radius 2 is 2.29 bits per heavy atom. The van der Waals surface area contributed by atoms with Gasteiger partial charge < -0.3 is 10.2 Å². The van der Waals surface area contributed by atoms with Gasteiger partial charge in [-0.3, -0.25) is 9.59 Å². The van der Waals surface area contributed by atoms with Gasteiger partial charge in [0.1, 0.15) is 11.4 Å². The third-order valence-corrected chi connectivity index (χ3v) is 5.77. The fourth-order valence-electron chi connectivity index (χ4n) is 3.35. The number of nitrogens with zero attached hydrogens (tertiary/aromatic N) is 4. The number of aromatic nitrogens is 3. The number of hydrogen-bond donors (Lipinski definition) is 1. The number of fused-ring (bicyclic) bond motifs is 1. The number of benzene rings is 1. The first-order valence-electron chi connectivity index (χ1n) is 9.18. The van der Waals surface area contributed by atoms with Crippen LogP contribution in [0.5, 0.6) is 0 Å². The topological polar surface area (TPSA) is 79.6 Å². The van der Waals surface area contributed by atoms with Crippen LogP contribution in [0.25, 0.3) is 4.96 Å². The van der Waals surface area contributed by atoms with E-state index in [-0.39, 0.29) is 17.9 Å². The molecule has 0 aliphatic carbocycles. The normalized spacial score (nSPS) is 17.1. The zero-order valence-electron chi connectivity index (χ0n) is 15.4. The molecule has 0 spiro atoms. The molecule has 4 rings (SSSR count). The number of carbonyl (C=O) groups excluding carboxylic acids is 1. The Kier molecular flexibility index (Phi) is 5.08. The molecule has 1 fully saturated rings. The summed E-state index contributed by atoms with van der Waals surface area (Å²) in [4.78, 5) is 32.0. The Balaban J connectivity index is 1.55. The molecule has 3 aromatic rings. The predicted octanol–water partition coefficient (Wildman–Crippen LogP) is 2.46. The van der Waals surface area contributed by atoms with Crippen LogP contribution in [0, 0.1) is 11.7 Å². The molecule has 7 nitrogen and oxygen atoms in total. The molecule has 1 aliphatic rings. The van der Waals surface area contributed by atoms with Crippen LogP contribution in [0.2, 0.25) is 0 Å². The molecule has 28 heavy (non-hydrogen) atoms.